The third kappa shape index (κ3) is 3.20. The second-order valence-corrected chi connectivity index (χ2v) is 6.64. The van der Waals surface area contributed by atoms with E-state index in [1.807, 2.05) is 11.4 Å². The summed E-state index contributed by atoms with van der Waals surface area (Å²) in [6.07, 6.45) is 3.94. The Morgan fingerprint density at radius 3 is 2.55 bits per heavy atom. The molecule has 0 aliphatic heterocycles. The van der Waals surface area contributed by atoms with Gasteiger partial charge in [-0.05, 0) is 48.6 Å². The van der Waals surface area contributed by atoms with Crippen LogP contribution in [0.3, 0.4) is 0 Å². The third-order valence-electron chi connectivity index (χ3n) is 4.39. The fourth-order valence-electron chi connectivity index (χ4n) is 3.12. The fourth-order valence-corrected chi connectivity index (χ4v) is 3.86. The van der Waals surface area contributed by atoms with Crippen molar-refractivity contribution < 1.29 is 4.79 Å². The molecule has 3 rings (SSSR count). The maximum atomic E-state index is 12.4. The highest BCUT2D eigenvalue weighted by molar-refractivity contribution is 7.14. The molecule has 1 amide bonds. The highest BCUT2D eigenvalue weighted by Crippen LogP contribution is 2.36. The van der Waals surface area contributed by atoms with Crippen molar-refractivity contribution in [3.63, 3.8) is 0 Å². The summed E-state index contributed by atoms with van der Waals surface area (Å²) in [7, 11) is 0. The Bertz CT molecular complexity index is 679. The predicted octanol–water partition coefficient (Wildman–Crippen LogP) is 4.53. The summed E-state index contributed by atoms with van der Waals surface area (Å²) in [5, 5.41) is 14.4. The van der Waals surface area contributed by atoms with Gasteiger partial charge in [0, 0.05) is 5.92 Å². The first-order valence-corrected chi connectivity index (χ1v) is 8.49. The molecule has 1 saturated carbocycles. The van der Waals surface area contributed by atoms with Crippen LogP contribution in [0, 0.1) is 17.2 Å². The predicted molar refractivity (Wildman–Crippen MR) is 88.8 cm³/mol. The van der Waals surface area contributed by atoms with Crippen LogP contribution in [0.1, 0.15) is 42.7 Å². The second-order valence-electron chi connectivity index (χ2n) is 5.72. The first-order chi connectivity index (χ1) is 10.8. The van der Waals surface area contributed by atoms with Gasteiger partial charge < -0.3 is 5.32 Å². The molecule has 0 atom stereocenters. The van der Waals surface area contributed by atoms with Crippen LogP contribution in [-0.2, 0) is 4.79 Å². The molecular weight excluding hydrogens is 292 g/mol. The molecule has 1 N–H and O–H groups in total. The summed E-state index contributed by atoms with van der Waals surface area (Å²) in [4.78, 5) is 12.4. The van der Waals surface area contributed by atoms with Crippen LogP contribution in [0.5, 0.6) is 0 Å². The summed E-state index contributed by atoms with van der Waals surface area (Å²) in [5.74, 6) is 0.695. The molecule has 1 fully saturated rings. The zero-order chi connectivity index (χ0) is 15.4. The minimum Gasteiger partial charge on any atom is -0.316 e. The molecule has 0 spiro atoms. The van der Waals surface area contributed by atoms with E-state index in [0.717, 1.165) is 25.7 Å². The van der Waals surface area contributed by atoms with Gasteiger partial charge >= 0.3 is 0 Å². The number of nitriles is 1. The first-order valence-electron chi connectivity index (χ1n) is 7.61. The largest absolute Gasteiger partial charge is 0.316 e. The lowest BCUT2D eigenvalue weighted by atomic mass is 9.78. The number of anilines is 1. The summed E-state index contributed by atoms with van der Waals surface area (Å²) >= 11 is 1.41. The number of nitrogens with zero attached hydrogens (tertiary/aromatic N) is 1. The van der Waals surface area contributed by atoms with Gasteiger partial charge in [0.05, 0.1) is 5.56 Å². The lowest BCUT2D eigenvalue weighted by molar-refractivity contribution is -0.120. The van der Waals surface area contributed by atoms with Crippen molar-refractivity contribution in [3.05, 3.63) is 52.9 Å². The zero-order valence-corrected chi connectivity index (χ0v) is 13.1. The molecule has 0 saturated heterocycles. The van der Waals surface area contributed by atoms with E-state index in [0.29, 0.717) is 16.5 Å². The van der Waals surface area contributed by atoms with E-state index in [1.165, 1.54) is 16.9 Å². The van der Waals surface area contributed by atoms with Crippen molar-refractivity contribution >= 4 is 22.2 Å². The molecule has 22 heavy (non-hydrogen) atoms. The van der Waals surface area contributed by atoms with Gasteiger partial charge in [0.1, 0.15) is 11.1 Å². The van der Waals surface area contributed by atoms with Crippen LogP contribution in [-0.4, -0.2) is 5.91 Å². The molecule has 2 aromatic rings. The number of carbonyl (C=O) groups excluding carboxylic acids is 1. The maximum Gasteiger partial charge on any atom is 0.228 e. The van der Waals surface area contributed by atoms with Gasteiger partial charge in [0.25, 0.3) is 0 Å². The highest BCUT2D eigenvalue weighted by atomic mass is 32.1. The Labute approximate surface area is 134 Å². The molecule has 1 aromatic carbocycles. The van der Waals surface area contributed by atoms with Crippen LogP contribution in [0.15, 0.2) is 41.8 Å². The van der Waals surface area contributed by atoms with Gasteiger partial charge in [-0.3, -0.25) is 4.79 Å². The van der Waals surface area contributed by atoms with E-state index in [4.69, 9.17) is 5.26 Å². The van der Waals surface area contributed by atoms with Crippen molar-refractivity contribution in [3.8, 4) is 6.07 Å². The van der Waals surface area contributed by atoms with Crippen molar-refractivity contribution in [2.45, 2.75) is 31.6 Å². The van der Waals surface area contributed by atoms with Crippen molar-refractivity contribution in [1.29, 1.82) is 5.26 Å². The Morgan fingerprint density at radius 2 is 1.86 bits per heavy atom. The summed E-state index contributed by atoms with van der Waals surface area (Å²) in [5.41, 5.74) is 1.93. The average molecular weight is 310 g/mol. The van der Waals surface area contributed by atoms with Gasteiger partial charge in [-0.1, -0.05) is 30.3 Å². The molecule has 1 heterocycles. The molecule has 4 heteroatoms. The fraction of sp³-hybridized carbons (Fsp3) is 0.333. The number of hydrogen-bond donors (Lipinski definition) is 1. The lowest BCUT2D eigenvalue weighted by Crippen LogP contribution is -2.26. The molecule has 1 aliphatic carbocycles. The maximum absolute atomic E-state index is 12.4. The van der Waals surface area contributed by atoms with E-state index in [1.54, 1.807) is 6.07 Å². The van der Waals surface area contributed by atoms with Gasteiger partial charge in [-0.15, -0.1) is 11.3 Å². The summed E-state index contributed by atoms with van der Waals surface area (Å²) in [6.45, 7) is 0. The monoisotopic (exact) mass is 310 g/mol. The van der Waals surface area contributed by atoms with Crippen molar-refractivity contribution in [2.24, 2.45) is 5.92 Å². The lowest BCUT2D eigenvalue weighted by Gasteiger charge is -2.28. The number of amides is 1. The van der Waals surface area contributed by atoms with Crippen LogP contribution in [0.4, 0.5) is 5.00 Å². The number of carbonyl (C=O) groups is 1. The molecule has 1 aromatic heterocycles. The van der Waals surface area contributed by atoms with Gasteiger partial charge in [0.15, 0.2) is 0 Å². The number of thiophene rings is 1. The van der Waals surface area contributed by atoms with Crippen LogP contribution < -0.4 is 5.32 Å². The molecular formula is C18H18N2OS. The van der Waals surface area contributed by atoms with Gasteiger partial charge in [-0.25, -0.2) is 0 Å². The Kier molecular flexibility index (Phi) is 4.55. The quantitative estimate of drug-likeness (QED) is 0.905. The van der Waals surface area contributed by atoms with E-state index in [-0.39, 0.29) is 11.8 Å². The molecule has 1 aliphatic rings. The molecule has 112 valence electrons. The SMILES string of the molecule is N#Cc1ccsc1NC(=O)C1CCC(c2ccccc2)CC1. The minimum atomic E-state index is 0.0606. The number of nitrogens with one attached hydrogen (secondary N) is 1. The van der Waals surface area contributed by atoms with E-state index >= 15 is 0 Å². The zero-order valence-electron chi connectivity index (χ0n) is 12.3. The Morgan fingerprint density at radius 1 is 1.14 bits per heavy atom. The van der Waals surface area contributed by atoms with Crippen LogP contribution in [0.2, 0.25) is 0 Å². The Balaban J connectivity index is 1.57. The van der Waals surface area contributed by atoms with Crippen LogP contribution in [0.25, 0.3) is 0 Å². The number of rotatable bonds is 3. The van der Waals surface area contributed by atoms with Gasteiger partial charge in [-0.2, -0.15) is 5.26 Å². The Hall–Kier alpha value is -2.12. The second kappa shape index (κ2) is 6.76. The third-order valence-corrected chi connectivity index (χ3v) is 5.22. The normalized spacial score (nSPS) is 21.0. The molecule has 0 radical (unpaired) electrons. The minimum absolute atomic E-state index is 0.0606. The molecule has 0 unspecified atom stereocenters. The summed E-state index contributed by atoms with van der Waals surface area (Å²) < 4.78 is 0. The van der Waals surface area contributed by atoms with Gasteiger partial charge in [0.2, 0.25) is 5.91 Å². The number of benzene rings is 1. The van der Waals surface area contributed by atoms with E-state index in [2.05, 4.69) is 35.7 Å². The van der Waals surface area contributed by atoms with E-state index < -0.39 is 0 Å². The topological polar surface area (TPSA) is 52.9 Å². The standard InChI is InChI=1S/C18H18N2OS/c19-12-16-10-11-22-18(16)20-17(21)15-8-6-14(7-9-15)13-4-2-1-3-5-13/h1-5,10-11,14-15H,6-9H2,(H,20,21). The highest BCUT2D eigenvalue weighted by Gasteiger charge is 2.27. The number of hydrogen-bond acceptors (Lipinski definition) is 3. The molecule has 0 bridgehead atoms. The van der Waals surface area contributed by atoms with E-state index in [9.17, 15) is 4.79 Å². The average Bonchev–Trinajstić information content (AvgIpc) is 3.03. The summed E-state index contributed by atoms with van der Waals surface area (Å²) in [6, 6.07) is 14.4. The smallest absolute Gasteiger partial charge is 0.228 e. The van der Waals surface area contributed by atoms with Crippen molar-refractivity contribution in [2.75, 3.05) is 5.32 Å². The van der Waals surface area contributed by atoms with Crippen LogP contribution >= 0.6 is 11.3 Å². The first kappa shape index (κ1) is 14.8. The van der Waals surface area contributed by atoms with Crippen molar-refractivity contribution in [1.82, 2.24) is 0 Å². The molecule has 3 nitrogen and oxygen atoms in total.